The van der Waals surface area contributed by atoms with Crippen LogP contribution in [0.2, 0.25) is 0 Å². The molecule has 0 saturated carbocycles. The normalized spacial score (nSPS) is 17.0. The lowest BCUT2D eigenvalue weighted by molar-refractivity contribution is -0.119. The van der Waals surface area contributed by atoms with E-state index in [2.05, 4.69) is 20.4 Å². The zero-order chi connectivity index (χ0) is 23.2. The fourth-order valence-corrected chi connectivity index (χ4v) is 6.23. The minimum atomic E-state index is -3.89. The molecule has 1 aliphatic rings. The van der Waals surface area contributed by atoms with Gasteiger partial charge in [-0.2, -0.15) is 4.31 Å². The molecule has 1 fully saturated rings. The van der Waals surface area contributed by atoms with Crippen LogP contribution in [-0.2, 0) is 14.8 Å². The summed E-state index contributed by atoms with van der Waals surface area (Å²) in [5.74, 6) is 0.598. The average molecular weight is 466 g/mol. The van der Waals surface area contributed by atoms with Gasteiger partial charge in [-0.1, -0.05) is 17.3 Å². The third kappa shape index (κ3) is 3.81. The minimum absolute atomic E-state index is 0.0392. The van der Waals surface area contributed by atoms with Gasteiger partial charge in [0.05, 0.1) is 11.0 Å². The van der Waals surface area contributed by atoms with Gasteiger partial charge in [-0.3, -0.25) is 4.79 Å². The number of anilines is 1. The van der Waals surface area contributed by atoms with Crippen LogP contribution in [0.1, 0.15) is 24.3 Å². The van der Waals surface area contributed by atoms with E-state index < -0.39 is 16.1 Å². The first-order chi connectivity index (χ1) is 15.8. The Morgan fingerprint density at radius 1 is 1.15 bits per heavy atom. The maximum atomic E-state index is 13.2. The maximum absolute atomic E-state index is 13.2. The largest absolute Gasteiger partial charge is 0.360 e. The minimum Gasteiger partial charge on any atom is -0.360 e. The summed E-state index contributed by atoms with van der Waals surface area (Å²) in [6.45, 7) is 3.41. The van der Waals surface area contributed by atoms with E-state index in [-0.39, 0.29) is 23.1 Å². The maximum Gasteiger partial charge on any atom is 0.249 e. The predicted molar refractivity (Wildman–Crippen MR) is 123 cm³/mol. The number of para-hydroxylation sites is 2. The molecule has 1 saturated heterocycles. The van der Waals surface area contributed by atoms with Crippen LogP contribution in [0.25, 0.3) is 22.4 Å². The molecule has 0 aliphatic carbocycles. The van der Waals surface area contributed by atoms with Crippen molar-refractivity contribution in [2.24, 2.45) is 0 Å². The molecular weight excluding hydrogens is 442 g/mol. The van der Waals surface area contributed by atoms with Crippen LogP contribution in [0.5, 0.6) is 0 Å². The zero-order valence-electron chi connectivity index (χ0n) is 18.2. The molecule has 0 unspecified atom stereocenters. The van der Waals surface area contributed by atoms with Gasteiger partial charge in [0.25, 0.3) is 0 Å². The highest BCUT2D eigenvalue weighted by molar-refractivity contribution is 7.89. The molecule has 2 aromatic heterocycles. The standard InChI is InChI=1S/C23H23N5O4S/c1-14-21(15(2)32-27-14)33(30,31)28-13-5-8-20(28)23(29)24-17-11-9-16(10-12-17)22-25-18-6-3-4-7-19(18)26-22/h3-4,6-7,9-12,20H,5,8,13H2,1-2H3,(H,24,29)(H,25,26)/t20-/m1/s1. The number of sulfonamides is 1. The number of carbonyl (C=O) groups excluding carboxylic acids is 1. The second-order valence-electron chi connectivity index (χ2n) is 8.10. The van der Waals surface area contributed by atoms with Crippen LogP contribution < -0.4 is 5.32 Å². The lowest BCUT2D eigenvalue weighted by Crippen LogP contribution is -2.43. The number of H-pyrrole nitrogens is 1. The smallest absolute Gasteiger partial charge is 0.249 e. The highest BCUT2D eigenvalue weighted by Gasteiger charge is 2.41. The Hall–Kier alpha value is -3.50. The first-order valence-electron chi connectivity index (χ1n) is 10.7. The molecule has 10 heteroatoms. The molecule has 5 rings (SSSR count). The number of aromatic amines is 1. The number of aryl methyl sites for hydroxylation is 2. The molecule has 4 aromatic rings. The lowest BCUT2D eigenvalue weighted by Gasteiger charge is -2.23. The first-order valence-corrected chi connectivity index (χ1v) is 12.1. The van der Waals surface area contributed by atoms with Gasteiger partial charge in [0.1, 0.15) is 22.5 Å². The third-order valence-electron chi connectivity index (χ3n) is 5.86. The summed E-state index contributed by atoms with van der Waals surface area (Å²) in [7, 11) is -3.89. The Balaban J connectivity index is 1.33. The summed E-state index contributed by atoms with van der Waals surface area (Å²) < 4.78 is 32.7. The van der Waals surface area contributed by atoms with Gasteiger partial charge in [-0.05, 0) is 63.1 Å². The number of carbonyl (C=O) groups is 1. The molecule has 170 valence electrons. The Bertz CT molecular complexity index is 1390. The Morgan fingerprint density at radius 2 is 1.91 bits per heavy atom. The summed E-state index contributed by atoms with van der Waals surface area (Å²) >= 11 is 0. The monoisotopic (exact) mass is 465 g/mol. The summed E-state index contributed by atoms with van der Waals surface area (Å²) in [6, 6.07) is 14.3. The van der Waals surface area contributed by atoms with E-state index in [9.17, 15) is 13.2 Å². The van der Waals surface area contributed by atoms with Crippen LogP contribution in [0, 0.1) is 13.8 Å². The van der Waals surface area contributed by atoms with Gasteiger partial charge in [0, 0.05) is 17.8 Å². The van der Waals surface area contributed by atoms with Crippen LogP contribution >= 0.6 is 0 Å². The van der Waals surface area contributed by atoms with Gasteiger partial charge in [-0.15, -0.1) is 0 Å². The third-order valence-corrected chi connectivity index (χ3v) is 8.01. The number of fused-ring (bicyclic) bond motifs is 1. The van der Waals surface area contributed by atoms with Crippen molar-refractivity contribution in [1.29, 1.82) is 0 Å². The Morgan fingerprint density at radius 3 is 2.61 bits per heavy atom. The number of hydrogen-bond acceptors (Lipinski definition) is 6. The summed E-state index contributed by atoms with van der Waals surface area (Å²) in [5.41, 5.74) is 3.59. The fourth-order valence-electron chi connectivity index (χ4n) is 4.28. The molecule has 2 aromatic carbocycles. The van der Waals surface area contributed by atoms with Crippen molar-refractivity contribution in [3.8, 4) is 11.4 Å². The van der Waals surface area contributed by atoms with Crippen molar-refractivity contribution in [3.63, 3.8) is 0 Å². The second kappa shape index (κ2) is 8.13. The van der Waals surface area contributed by atoms with E-state index >= 15 is 0 Å². The SMILES string of the molecule is Cc1noc(C)c1S(=O)(=O)N1CCC[C@@H]1C(=O)Nc1ccc(-c2nc3ccccc3[nH]2)cc1. The van der Waals surface area contributed by atoms with Crippen LogP contribution in [0.4, 0.5) is 5.69 Å². The lowest BCUT2D eigenvalue weighted by atomic mass is 10.1. The van der Waals surface area contributed by atoms with Crippen molar-refractivity contribution < 1.29 is 17.7 Å². The summed E-state index contributed by atoms with van der Waals surface area (Å²) in [4.78, 5) is 20.9. The summed E-state index contributed by atoms with van der Waals surface area (Å²) in [6.07, 6.45) is 1.05. The quantitative estimate of drug-likeness (QED) is 0.464. The van der Waals surface area contributed by atoms with Gasteiger partial charge in [-0.25, -0.2) is 13.4 Å². The Kier molecular flexibility index (Phi) is 5.26. The Labute approximate surface area is 190 Å². The van der Waals surface area contributed by atoms with E-state index in [1.165, 1.54) is 4.31 Å². The van der Waals surface area contributed by atoms with Crippen molar-refractivity contribution in [2.75, 3.05) is 11.9 Å². The molecule has 0 bridgehead atoms. The number of aromatic nitrogens is 3. The van der Waals surface area contributed by atoms with Crippen molar-refractivity contribution in [3.05, 3.63) is 60.0 Å². The molecule has 1 atom stereocenters. The number of nitrogens with zero attached hydrogens (tertiary/aromatic N) is 3. The zero-order valence-corrected chi connectivity index (χ0v) is 19.0. The van der Waals surface area contributed by atoms with E-state index in [0.29, 0.717) is 24.2 Å². The molecule has 0 spiro atoms. The molecule has 1 amide bonds. The molecular formula is C23H23N5O4S. The van der Waals surface area contributed by atoms with Crippen molar-refractivity contribution in [2.45, 2.75) is 37.6 Å². The van der Waals surface area contributed by atoms with Crippen LogP contribution in [0.3, 0.4) is 0 Å². The molecule has 33 heavy (non-hydrogen) atoms. The molecule has 9 nitrogen and oxygen atoms in total. The molecule has 2 N–H and O–H groups in total. The van der Waals surface area contributed by atoms with Gasteiger partial charge < -0.3 is 14.8 Å². The van der Waals surface area contributed by atoms with Crippen LogP contribution in [-0.4, -0.2) is 46.3 Å². The average Bonchev–Trinajstić information content (AvgIpc) is 3.52. The second-order valence-corrected chi connectivity index (χ2v) is 9.92. The highest BCUT2D eigenvalue weighted by Crippen LogP contribution is 2.30. The molecule has 3 heterocycles. The number of hydrogen-bond donors (Lipinski definition) is 2. The van der Waals surface area contributed by atoms with E-state index in [1.54, 1.807) is 26.0 Å². The number of rotatable bonds is 5. The summed E-state index contributed by atoms with van der Waals surface area (Å²) in [5, 5.41) is 6.60. The van der Waals surface area contributed by atoms with E-state index in [4.69, 9.17) is 4.52 Å². The number of benzene rings is 2. The fraction of sp³-hybridized carbons (Fsp3) is 0.261. The number of imidazole rings is 1. The van der Waals surface area contributed by atoms with Gasteiger partial charge in [0.2, 0.25) is 15.9 Å². The van der Waals surface area contributed by atoms with E-state index in [0.717, 1.165) is 22.4 Å². The van der Waals surface area contributed by atoms with Crippen molar-refractivity contribution >= 4 is 32.7 Å². The topological polar surface area (TPSA) is 121 Å². The number of nitrogens with one attached hydrogen (secondary N) is 2. The van der Waals surface area contributed by atoms with Gasteiger partial charge in [0.15, 0.2) is 5.76 Å². The van der Waals surface area contributed by atoms with Crippen LogP contribution in [0.15, 0.2) is 57.9 Å². The molecule has 1 aliphatic heterocycles. The van der Waals surface area contributed by atoms with Crippen molar-refractivity contribution in [1.82, 2.24) is 19.4 Å². The first kappa shape index (κ1) is 21.4. The molecule has 0 radical (unpaired) electrons. The highest BCUT2D eigenvalue weighted by atomic mass is 32.2. The number of amides is 1. The van der Waals surface area contributed by atoms with Gasteiger partial charge >= 0.3 is 0 Å². The predicted octanol–water partition coefficient (Wildman–Crippen LogP) is 3.63. The van der Waals surface area contributed by atoms with E-state index in [1.807, 2.05) is 36.4 Å².